The third kappa shape index (κ3) is 3.59. The zero-order chi connectivity index (χ0) is 20.5. The highest BCUT2D eigenvalue weighted by Gasteiger charge is 2.27. The van der Waals surface area contributed by atoms with Crippen LogP contribution < -0.4 is 4.90 Å². The van der Waals surface area contributed by atoms with Crippen LogP contribution in [0.3, 0.4) is 0 Å². The van der Waals surface area contributed by atoms with Crippen molar-refractivity contribution in [3.8, 4) is 0 Å². The van der Waals surface area contributed by atoms with Gasteiger partial charge in [0.25, 0.3) is 5.91 Å². The van der Waals surface area contributed by atoms with E-state index in [9.17, 15) is 14.9 Å². The molecule has 0 aliphatic carbocycles. The lowest BCUT2D eigenvalue weighted by molar-refractivity contribution is -0.402. The van der Waals surface area contributed by atoms with Crippen LogP contribution in [0, 0.1) is 24.0 Å². The van der Waals surface area contributed by atoms with E-state index < -0.39 is 16.7 Å². The number of hydrogen-bond donors (Lipinski definition) is 0. The molecule has 0 saturated heterocycles. The van der Waals surface area contributed by atoms with Crippen molar-refractivity contribution in [2.75, 3.05) is 4.90 Å². The molecule has 0 aliphatic heterocycles. The number of rotatable bonds is 5. The lowest BCUT2D eigenvalue weighted by Crippen LogP contribution is -2.30. The topological polar surface area (TPSA) is 102 Å². The summed E-state index contributed by atoms with van der Waals surface area (Å²) in [6, 6.07) is 11.9. The van der Waals surface area contributed by atoms with E-state index in [4.69, 9.17) is 4.42 Å². The van der Waals surface area contributed by atoms with Crippen molar-refractivity contribution in [3.63, 3.8) is 0 Å². The van der Waals surface area contributed by atoms with Gasteiger partial charge in [0.05, 0.1) is 28.5 Å². The number of aryl methyl sites for hydroxylation is 2. The number of fused-ring (bicyclic) bond motifs is 1. The summed E-state index contributed by atoms with van der Waals surface area (Å²) in [6.45, 7) is 4.11. The van der Waals surface area contributed by atoms with Crippen molar-refractivity contribution in [3.05, 3.63) is 81.4 Å². The number of pyridine rings is 1. The molecule has 1 amide bonds. The highest BCUT2D eigenvalue weighted by atomic mass is 32.1. The fraction of sp³-hybridized carbons (Fsp3) is 0.150. The first-order valence-corrected chi connectivity index (χ1v) is 9.58. The van der Waals surface area contributed by atoms with Gasteiger partial charge in [-0.3, -0.25) is 24.8 Å². The Morgan fingerprint density at radius 1 is 1.17 bits per heavy atom. The Labute approximate surface area is 169 Å². The van der Waals surface area contributed by atoms with E-state index in [0.29, 0.717) is 10.8 Å². The summed E-state index contributed by atoms with van der Waals surface area (Å²) < 4.78 is 6.12. The molecule has 9 heteroatoms. The zero-order valence-corrected chi connectivity index (χ0v) is 16.5. The van der Waals surface area contributed by atoms with Gasteiger partial charge in [-0.15, -0.1) is 0 Å². The predicted octanol–water partition coefficient (Wildman–Crippen LogP) is 4.66. The van der Waals surface area contributed by atoms with Crippen molar-refractivity contribution in [1.82, 2.24) is 9.97 Å². The molecule has 0 fully saturated rings. The number of anilines is 1. The van der Waals surface area contributed by atoms with E-state index in [2.05, 4.69) is 9.97 Å². The Balaban J connectivity index is 1.79. The highest BCUT2D eigenvalue weighted by Crippen LogP contribution is 2.34. The molecule has 4 aromatic rings. The SMILES string of the molecule is Cc1ccc(C)c2sc(N(Cc3ccccn3)C(=O)c3ccc([N+](=O)[O-])o3)nc12. The van der Waals surface area contributed by atoms with Crippen LogP contribution in [-0.2, 0) is 6.54 Å². The van der Waals surface area contributed by atoms with Crippen LogP contribution in [0.4, 0.5) is 11.0 Å². The van der Waals surface area contributed by atoms with Gasteiger partial charge in [-0.1, -0.05) is 29.5 Å². The molecule has 0 spiro atoms. The average Bonchev–Trinajstić information content (AvgIpc) is 3.37. The van der Waals surface area contributed by atoms with E-state index in [0.717, 1.165) is 21.3 Å². The zero-order valence-electron chi connectivity index (χ0n) is 15.7. The molecule has 3 aromatic heterocycles. The second-order valence-electron chi connectivity index (χ2n) is 6.48. The first kappa shape index (κ1) is 18.8. The minimum absolute atomic E-state index is 0.125. The Kier molecular flexibility index (Phi) is 4.81. The number of hydrogen-bond acceptors (Lipinski definition) is 7. The predicted molar refractivity (Wildman–Crippen MR) is 109 cm³/mol. The molecule has 8 nitrogen and oxygen atoms in total. The van der Waals surface area contributed by atoms with Crippen LogP contribution in [0.25, 0.3) is 10.2 Å². The van der Waals surface area contributed by atoms with Gasteiger partial charge in [-0.2, -0.15) is 0 Å². The molecule has 0 bridgehead atoms. The fourth-order valence-corrected chi connectivity index (χ4v) is 4.03. The number of furan rings is 1. The molecular formula is C20H16N4O4S. The fourth-order valence-electron chi connectivity index (χ4n) is 2.92. The summed E-state index contributed by atoms with van der Waals surface area (Å²) in [7, 11) is 0. The van der Waals surface area contributed by atoms with Crippen molar-refractivity contribution < 1.29 is 14.1 Å². The maximum absolute atomic E-state index is 13.2. The molecule has 4 rings (SSSR count). The lowest BCUT2D eigenvalue weighted by Gasteiger charge is -2.18. The minimum atomic E-state index is -0.676. The number of aromatic nitrogens is 2. The first-order chi connectivity index (χ1) is 13.9. The number of carbonyl (C=O) groups is 1. The van der Waals surface area contributed by atoms with Crippen molar-refractivity contribution in [1.29, 1.82) is 0 Å². The van der Waals surface area contributed by atoms with E-state index in [-0.39, 0.29) is 12.3 Å². The largest absolute Gasteiger partial charge is 0.433 e. The summed E-state index contributed by atoms with van der Waals surface area (Å²) >= 11 is 1.39. The Hall–Kier alpha value is -3.59. The second kappa shape index (κ2) is 7.44. The van der Waals surface area contributed by atoms with Gasteiger partial charge in [-0.05, 0) is 43.2 Å². The van der Waals surface area contributed by atoms with Gasteiger partial charge in [0.2, 0.25) is 0 Å². The second-order valence-corrected chi connectivity index (χ2v) is 7.46. The van der Waals surface area contributed by atoms with Crippen LogP contribution in [-0.4, -0.2) is 20.8 Å². The van der Waals surface area contributed by atoms with E-state index in [1.807, 2.05) is 32.0 Å². The summed E-state index contributed by atoms with van der Waals surface area (Å²) in [5.74, 6) is -1.12. The molecule has 1 aromatic carbocycles. The van der Waals surface area contributed by atoms with Crippen LogP contribution in [0.2, 0.25) is 0 Å². The Bertz CT molecular complexity index is 1180. The van der Waals surface area contributed by atoms with Crippen molar-refractivity contribution >= 4 is 38.5 Å². The van der Waals surface area contributed by atoms with Gasteiger partial charge < -0.3 is 4.42 Å². The van der Waals surface area contributed by atoms with Gasteiger partial charge in [0.15, 0.2) is 10.9 Å². The normalized spacial score (nSPS) is 11.0. The third-order valence-electron chi connectivity index (χ3n) is 4.44. The molecule has 146 valence electrons. The molecule has 0 saturated carbocycles. The molecule has 0 aliphatic rings. The quantitative estimate of drug-likeness (QED) is 0.352. The monoisotopic (exact) mass is 408 g/mol. The van der Waals surface area contributed by atoms with E-state index in [1.165, 1.54) is 28.4 Å². The Morgan fingerprint density at radius 2 is 1.97 bits per heavy atom. The highest BCUT2D eigenvalue weighted by molar-refractivity contribution is 7.22. The number of benzene rings is 1. The molecule has 0 unspecified atom stereocenters. The lowest BCUT2D eigenvalue weighted by atomic mass is 10.1. The number of thiazole rings is 1. The van der Waals surface area contributed by atoms with Gasteiger partial charge in [-0.25, -0.2) is 4.98 Å². The Morgan fingerprint density at radius 3 is 2.62 bits per heavy atom. The van der Waals surface area contributed by atoms with Gasteiger partial charge in [0, 0.05) is 6.20 Å². The van der Waals surface area contributed by atoms with Crippen LogP contribution >= 0.6 is 11.3 Å². The number of nitrogens with zero attached hydrogens (tertiary/aromatic N) is 4. The molecule has 0 N–H and O–H groups in total. The van der Waals surface area contributed by atoms with E-state index in [1.54, 1.807) is 18.3 Å². The standard InChI is InChI=1S/C20H16N4O4S/c1-12-6-7-13(2)18-17(12)22-20(29-18)23(11-14-5-3-4-10-21-14)19(25)15-8-9-16(28-15)24(26)27/h3-10H,11H2,1-2H3. The van der Waals surface area contributed by atoms with Crippen molar-refractivity contribution in [2.24, 2.45) is 0 Å². The summed E-state index contributed by atoms with van der Waals surface area (Å²) in [5, 5.41) is 11.4. The van der Waals surface area contributed by atoms with E-state index >= 15 is 0 Å². The smallest absolute Gasteiger partial charge is 0.395 e. The summed E-state index contributed by atoms with van der Waals surface area (Å²) in [5.41, 5.74) is 3.56. The first-order valence-electron chi connectivity index (χ1n) is 8.77. The van der Waals surface area contributed by atoms with Gasteiger partial charge in [0.1, 0.15) is 4.92 Å². The van der Waals surface area contributed by atoms with Crippen LogP contribution in [0.15, 0.2) is 53.1 Å². The molecule has 0 radical (unpaired) electrons. The minimum Gasteiger partial charge on any atom is -0.395 e. The average molecular weight is 408 g/mol. The maximum atomic E-state index is 13.2. The van der Waals surface area contributed by atoms with Crippen LogP contribution in [0.1, 0.15) is 27.4 Å². The number of nitro groups is 1. The third-order valence-corrected chi connectivity index (χ3v) is 5.65. The summed E-state index contributed by atoms with van der Waals surface area (Å²) in [6.07, 6.45) is 1.64. The van der Waals surface area contributed by atoms with Gasteiger partial charge >= 0.3 is 5.88 Å². The van der Waals surface area contributed by atoms with Crippen molar-refractivity contribution in [2.45, 2.75) is 20.4 Å². The maximum Gasteiger partial charge on any atom is 0.433 e. The van der Waals surface area contributed by atoms with Crippen LogP contribution in [0.5, 0.6) is 0 Å². The molecule has 29 heavy (non-hydrogen) atoms. The molecular weight excluding hydrogens is 392 g/mol. The number of carbonyl (C=O) groups excluding carboxylic acids is 1. The molecule has 3 heterocycles. The molecule has 0 atom stereocenters. The summed E-state index contributed by atoms with van der Waals surface area (Å²) in [4.78, 5) is 33.8. The number of amides is 1.